The van der Waals surface area contributed by atoms with Gasteiger partial charge in [0.2, 0.25) is 5.91 Å². The van der Waals surface area contributed by atoms with Crippen LogP contribution in [0.25, 0.3) is 11.3 Å². The topological polar surface area (TPSA) is 82.2 Å². The summed E-state index contributed by atoms with van der Waals surface area (Å²) in [4.78, 5) is 32.7. The molecule has 1 aliphatic heterocycles. The van der Waals surface area contributed by atoms with Crippen molar-refractivity contribution in [1.82, 2.24) is 25.0 Å². The molecule has 1 N–H and O–H groups in total. The van der Waals surface area contributed by atoms with Gasteiger partial charge in [-0.3, -0.25) is 19.7 Å². The van der Waals surface area contributed by atoms with Gasteiger partial charge in [-0.1, -0.05) is 6.42 Å². The number of rotatable bonds is 3. The summed E-state index contributed by atoms with van der Waals surface area (Å²) in [5.41, 5.74) is 2.04. The van der Waals surface area contributed by atoms with Gasteiger partial charge in [0.15, 0.2) is 0 Å². The Hall–Kier alpha value is -2.70. The highest BCUT2D eigenvalue weighted by molar-refractivity contribution is 5.93. The second-order valence-electron chi connectivity index (χ2n) is 6.65. The van der Waals surface area contributed by atoms with Crippen molar-refractivity contribution < 1.29 is 9.59 Å². The van der Waals surface area contributed by atoms with Crippen molar-refractivity contribution in [3.05, 3.63) is 36.3 Å². The van der Waals surface area contributed by atoms with Crippen molar-refractivity contribution in [1.29, 1.82) is 0 Å². The Balaban J connectivity index is 1.37. The molecule has 130 valence electrons. The fourth-order valence-corrected chi connectivity index (χ4v) is 3.31. The number of carbonyl (C=O) groups excluding carboxylic acids is 2. The number of nitrogens with zero attached hydrogens (tertiary/aromatic N) is 4. The molecule has 3 heterocycles. The van der Waals surface area contributed by atoms with E-state index in [4.69, 9.17) is 0 Å². The standard InChI is InChI=1S/C18H21N5O2/c24-17(13-3-1-4-13)22-7-9-23(10-8-22)18(25)16-11-15(20-21-16)14-5-2-6-19-12-14/h2,5-6,11-13H,1,3-4,7-10H2,(H,20,21). The first-order valence-electron chi connectivity index (χ1n) is 8.76. The zero-order valence-corrected chi connectivity index (χ0v) is 14.0. The molecule has 1 saturated heterocycles. The lowest BCUT2D eigenvalue weighted by molar-refractivity contribution is -0.139. The highest BCUT2D eigenvalue weighted by Gasteiger charge is 2.32. The van der Waals surface area contributed by atoms with Crippen LogP contribution < -0.4 is 0 Å². The fourth-order valence-electron chi connectivity index (χ4n) is 3.31. The summed E-state index contributed by atoms with van der Waals surface area (Å²) in [6, 6.07) is 5.50. The van der Waals surface area contributed by atoms with E-state index in [1.54, 1.807) is 23.4 Å². The fraction of sp³-hybridized carbons (Fsp3) is 0.444. The number of hydrogen-bond acceptors (Lipinski definition) is 4. The first-order chi connectivity index (χ1) is 12.2. The molecule has 0 atom stereocenters. The predicted octanol–water partition coefficient (Wildman–Crippen LogP) is 1.56. The van der Waals surface area contributed by atoms with Crippen LogP contribution in [0.2, 0.25) is 0 Å². The predicted molar refractivity (Wildman–Crippen MR) is 91.6 cm³/mol. The Labute approximate surface area is 146 Å². The van der Waals surface area contributed by atoms with Gasteiger partial charge in [-0.15, -0.1) is 0 Å². The van der Waals surface area contributed by atoms with Crippen molar-refractivity contribution in [3.8, 4) is 11.3 Å². The Bertz CT molecular complexity index is 761. The molecule has 2 aliphatic rings. The lowest BCUT2D eigenvalue weighted by Gasteiger charge is -2.38. The lowest BCUT2D eigenvalue weighted by atomic mass is 9.84. The van der Waals surface area contributed by atoms with Gasteiger partial charge in [0, 0.05) is 50.1 Å². The minimum Gasteiger partial charge on any atom is -0.339 e. The van der Waals surface area contributed by atoms with Crippen LogP contribution in [-0.2, 0) is 4.79 Å². The van der Waals surface area contributed by atoms with Gasteiger partial charge in [-0.25, -0.2) is 0 Å². The van der Waals surface area contributed by atoms with Crippen LogP contribution in [0.3, 0.4) is 0 Å². The normalized spacial score (nSPS) is 18.1. The van der Waals surface area contributed by atoms with Crippen molar-refractivity contribution in [2.75, 3.05) is 26.2 Å². The Morgan fingerprint density at radius 1 is 1.12 bits per heavy atom. The van der Waals surface area contributed by atoms with E-state index in [1.807, 2.05) is 17.0 Å². The van der Waals surface area contributed by atoms with Crippen LogP contribution in [0, 0.1) is 5.92 Å². The minimum atomic E-state index is -0.0709. The van der Waals surface area contributed by atoms with Crippen molar-refractivity contribution in [3.63, 3.8) is 0 Å². The summed E-state index contributed by atoms with van der Waals surface area (Å²) in [7, 11) is 0. The monoisotopic (exact) mass is 339 g/mol. The summed E-state index contributed by atoms with van der Waals surface area (Å²) in [5.74, 6) is 0.411. The Morgan fingerprint density at radius 2 is 1.88 bits per heavy atom. The zero-order valence-electron chi connectivity index (χ0n) is 14.0. The molecule has 0 spiro atoms. The van der Waals surface area contributed by atoms with Crippen LogP contribution >= 0.6 is 0 Å². The van der Waals surface area contributed by atoms with Crippen molar-refractivity contribution in [2.45, 2.75) is 19.3 Å². The maximum Gasteiger partial charge on any atom is 0.272 e. The van der Waals surface area contributed by atoms with Gasteiger partial charge < -0.3 is 9.80 Å². The maximum atomic E-state index is 12.7. The SMILES string of the molecule is O=C(c1cc(-c2cccnc2)n[nH]1)N1CCN(C(=O)C2CCC2)CC1. The number of aromatic nitrogens is 3. The summed E-state index contributed by atoms with van der Waals surface area (Å²) >= 11 is 0. The van der Waals surface area contributed by atoms with Gasteiger partial charge in [0.05, 0.1) is 5.69 Å². The van der Waals surface area contributed by atoms with Gasteiger partial charge >= 0.3 is 0 Å². The third kappa shape index (κ3) is 3.14. The van der Waals surface area contributed by atoms with E-state index in [0.29, 0.717) is 37.6 Å². The van der Waals surface area contributed by atoms with E-state index in [-0.39, 0.29) is 17.7 Å². The average Bonchev–Trinajstić information content (AvgIpc) is 3.10. The molecule has 0 unspecified atom stereocenters. The first-order valence-corrected chi connectivity index (χ1v) is 8.76. The largest absolute Gasteiger partial charge is 0.339 e. The number of hydrogen-bond donors (Lipinski definition) is 1. The molecular weight excluding hydrogens is 318 g/mol. The summed E-state index contributed by atoms with van der Waals surface area (Å²) in [5, 5.41) is 7.03. The lowest BCUT2D eigenvalue weighted by Crippen LogP contribution is -2.52. The van der Waals surface area contributed by atoms with E-state index < -0.39 is 0 Å². The number of H-pyrrole nitrogens is 1. The summed E-state index contributed by atoms with van der Waals surface area (Å²) < 4.78 is 0. The number of aromatic amines is 1. The number of pyridine rings is 1. The van der Waals surface area contributed by atoms with Gasteiger partial charge in [0.1, 0.15) is 5.69 Å². The molecular formula is C18H21N5O2. The molecule has 0 aromatic carbocycles. The van der Waals surface area contributed by atoms with Crippen LogP contribution in [0.15, 0.2) is 30.6 Å². The van der Waals surface area contributed by atoms with Crippen LogP contribution in [-0.4, -0.2) is 63.0 Å². The smallest absolute Gasteiger partial charge is 0.272 e. The highest BCUT2D eigenvalue weighted by atomic mass is 16.2. The molecule has 7 heteroatoms. The van der Waals surface area contributed by atoms with Gasteiger partial charge in [-0.2, -0.15) is 5.10 Å². The number of nitrogens with one attached hydrogen (secondary N) is 1. The quantitative estimate of drug-likeness (QED) is 0.920. The Kier molecular flexibility index (Phi) is 4.21. The number of piperazine rings is 1. The van der Waals surface area contributed by atoms with E-state index in [0.717, 1.165) is 24.8 Å². The third-order valence-electron chi connectivity index (χ3n) is 5.10. The minimum absolute atomic E-state index is 0.0709. The van der Waals surface area contributed by atoms with E-state index in [1.165, 1.54) is 0 Å². The van der Waals surface area contributed by atoms with Crippen LogP contribution in [0.5, 0.6) is 0 Å². The first kappa shape index (κ1) is 15.8. The van der Waals surface area contributed by atoms with Crippen molar-refractivity contribution in [2.24, 2.45) is 5.92 Å². The van der Waals surface area contributed by atoms with E-state index >= 15 is 0 Å². The van der Waals surface area contributed by atoms with Crippen LogP contribution in [0.4, 0.5) is 0 Å². The number of carbonyl (C=O) groups is 2. The van der Waals surface area contributed by atoms with E-state index in [9.17, 15) is 9.59 Å². The second kappa shape index (κ2) is 6.66. The molecule has 7 nitrogen and oxygen atoms in total. The third-order valence-corrected chi connectivity index (χ3v) is 5.10. The molecule has 1 saturated carbocycles. The van der Waals surface area contributed by atoms with Gasteiger partial charge in [0.25, 0.3) is 5.91 Å². The van der Waals surface area contributed by atoms with Crippen molar-refractivity contribution >= 4 is 11.8 Å². The summed E-state index contributed by atoms with van der Waals surface area (Å²) in [6.45, 7) is 2.37. The second-order valence-corrected chi connectivity index (χ2v) is 6.65. The molecule has 0 bridgehead atoms. The number of amides is 2. The molecule has 2 amide bonds. The molecule has 2 fully saturated rings. The van der Waals surface area contributed by atoms with E-state index in [2.05, 4.69) is 15.2 Å². The molecule has 0 radical (unpaired) electrons. The average molecular weight is 339 g/mol. The van der Waals surface area contributed by atoms with Crippen LogP contribution in [0.1, 0.15) is 29.8 Å². The Morgan fingerprint density at radius 3 is 2.52 bits per heavy atom. The maximum absolute atomic E-state index is 12.7. The molecule has 2 aromatic heterocycles. The highest BCUT2D eigenvalue weighted by Crippen LogP contribution is 2.28. The zero-order chi connectivity index (χ0) is 17.2. The molecule has 25 heavy (non-hydrogen) atoms. The molecule has 1 aliphatic carbocycles. The molecule has 4 rings (SSSR count). The van der Waals surface area contributed by atoms with Gasteiger partial charge in [-0.05, 0) is 31.0 Å². The molecule has 2 aromatic rings. The summed E-state index contributed by atoms with van der Waals surface area (Å²) in [6.07, 6.45) is 6.61.